The van der Waals surface area contributed by atoms with Crippen LogP contribution in [-0.4, -0.2) is 5.11 Å². The number of aliphatic hydroxyl groups excluding tert-OH is 1. The second kappa shape index (κ2) is 6.18. The van der Waals surface area contributed by atoms with Gasteiger partial charge in [-0.15, -0.1) is 0 Å². The average molecular weight is 279 g/mol. The van der Waals surface area contributed by atoms with E-state index in [-0.39, 0.29) is 0 Å². The van der Waals surface area contributed by atoms with Crippen LogP contribution in [-0.2, 0) is 12.8 Å². The van der Waals surface area contributed by atoms with Crippen molar-refractivity contribution in [2.45, 2.75) is 25.9 Å². The zero-order chi connectivity index (χ0) is 13.8. The highest BCUT2D eigenvalue weighted by atomic mass is 35.5. The summed E-state index contributed by atoms with van der Waals surface area (Å²) in [4.78, 5) is 0. The largest absolute Gasteiger partial charge is 0.388 e. The van der Waals surface area contributed by atoms with Crippen LogP contribution < -0.4 is 0 Å². The maximum atomic E-state index is 13.2. The minimum atomic E-state index is -0.749. The molecule has 100 valence electrons. The maximum absolute atomic E-state index is 13.2. The normalized spacial score (nSPS) is 12.4. The third-order valence-corrected chi connectivity index (χ3v) is 3.35. The molecule has 0 radical (unpaired) electrons. The molecular formula is C16H16ClFO. The summed E-state index contributed by atoms with van der Waals surface area (Å²) in [7, 11) is 0. The van der Waals surface area contributed by atoms with Gasteiger partial charge in [0.2, 0.25) is 0 Å². The van der Waals surface area contributed by atoms with Gasteiger partial charge in [-0.1, -0.05) is 42.8 Å². The second-order valence-electron chi connectivity index (χ2n) is 4.59. The number of aliphatic hydroxyl groups is 1. The van der Waals surface area contributed by atoms with Crippen LogP contribution in [0, 0.1) is 5.82 Å². The number of aryl methyl sites for hydroxylation is 1. The molecule has 0 bridgehead atoms. The molecular weight excluding hydrogens is 263 g/mol. The summed E-state index contributed by atoms with van der Waals surface area (Å²) in [6, 6.07) is 12.2. The highest BCUT2D eigenvalue weighted by Crippen LogP contribution is 2.23. The van der Waals surface area contributed by atoms with Crippen LogP contribution in [0.2, 0.25) is 5.02 Å². The van der Waals surface area contributed by atoms with Gasteiger partial charge in [0.1, 0.15) is 5.82 Å². The monoisotopic (exact) mass is 278 g/mol. The molecule has 2 rings (SSSR count). The van der Waals surface area contributed by atoms with Crippen molar-refractivity contribution in [1.82, 2.24) is 0 Å². The molecule has 0 aliphatic heterocycles. The van der Waals surface area contributed by atoms with Crippen LogP contribution >= 0.6 is 11.6 Å². The molecule has 0 spiro atoms. The van der Waals surface area contributed by atoms with Crippen molar-refractivity contribution in [3.63, 3.8) is 0 Å². The minimum Gasteiger partial charge on any atom is -0.388 e. The molecule has 1 unspecified atom stereocenters. The molecule has 0 saturated carbocycles. The van der Waals surface area contributed by atoms with E-state index in [2.05, 4.69) is 6.92 Å². The number of halogens is 2. The third-order valence-electron chi connectivity index (χ3n) is 3.13. The molecule has 2 aromatic rings. The van der Waals surface area contributed by atoms with E-state index in [0.29, 0.717) is 17.0 Å². The summed E-state index contributed by atoms with van der Waals surface area (Å²) < 4.78 is 13.2. The Morgan fingerprint density at radius 2 is 1.74 bits per heavy atom. The van der Waals surface area contributed by atoms with Gasteiger partial charge in [-0.3, -0.25) is 0 Å². The maximum Gasteiger partial charge on any atom is 0.125 e. The molecule has 1 N–H and O–H groups in total. The summed E-state index contributed by atoms with van der Waals surface area (Å²) in [5.41, 5.74) is 2.78. The van der Waals surface area contributed by atoms with Gasteiger partial charge in [0.15, 0.2) is 0 Å². The lowest BCUT2D eigenvalue weighted by Crippen LogP contribution is -2.02. The summed E-state index contributed by atoms with van der Waals surface area (Å²) in [6.07, 6.45) is 0.687. The van der Waals surface area contributed by atoms with Crippen molar-refractivity contribution in [2.75, 3.05) is 0 Å². The Morgan fingerprint density at radius 1 is 1.11 bits per heavy atom. The molecule has 0 aliphatic carbocycles. The summed E-state index contributed by atoms with van der Waals surface area (Å²) >= 11 is 5.79. The Kier molecular flexibility index (Phi) is 4.56. The molecule has 0 amide bonds. The SMILES string of the molecule is CCc1ccc(CC(O)c2cc(F)cc(Cl)c2)cc1. The smallest absolute Gasteiger partial charge is 0.125 e. The summed E-state index contributed by atoms with van der Waals surface area (Å²) in [5, 5.41) is 10.4. The predicted molar refractivity (Wildman–Crippen MR) is 75.9 cm³/mol. The standard InChI is InChI=1S/C16H16ClFO/c1-2-11-3-5-12(6-4-11)7-16(19)13-8-14(17)10-15(18)9-13/h3-6,8-10,16,19H,2,7H2,1H3. The molecule has 1 atom stereocenters. The van der Waals surface area contributed by atoms with Crippen molar-refractivity contribution in [2.24, 2.45) is 0 Å². The zero-order valence-corrected chi connectivity index (χ0v) is 11.5. The van der Waals surface area contributed by atoms with E-state index in [1.54, 1.807) is 6.07 Å². The first-order chi connectivity index (χ1) is 9.08. The lowest BCUT2D eigenvalue weighted by atomic mass is 10.00. The van der Waals surface area contributed by atoms with E-state index >= 15 is 0 Å². The molecule has 0 aliphatic rings. The van der Waals surface area contributed by atoms with Crippen molar-refractivity contribution >= 4 is 11.6 Å². The predicted octanol–water partition coefficient (Wildman–Crippen LogP) is 4.32. The van der Waals surface area contributed by atoms with Gasteiger partial charge >= 0.3 is 0 Å². The number of hydrogen-bond acceptors (Lipinski definition) is 1. The highest BCUT2D eigenvalue weighted by Gasteiger charge is 2.11. The van der Waals surface area contributed by atoms with Crippen LogP contribution in [0.25, 0.3) is 0 Å². The van der Waals surface area contributed by atoms with E-state index in [1.807, 2.05) is 24.3 Å². The fourth-order valence-corrected chi connectivity index (χ4v) is 2.25. The Bertz CT molecular complexity index is 531. The van der Waals surface area contributed by atoms with Crippen molar-refractivity contribution in [3.8, 4) is 0 Å². The molecule has 2 aromatic carbocycles. The molecule has 19 heavy (non-hydrogen) atoms. The van der Waals surface area contributed by atoms with Gasteiger partial charge in [-0.25, -0.2) is 4.39 Å². The van der Waals surface area contributed by atoms with E-state index in [4.69, 9.17) is 11.6 Å². The van der Waals surface area contributed by atoms with Crippen molar-refractivity contribution < 1.29 is 9.50 Å². The van der Waals surface area contributed by atoms with Gasteiger partial charge in [0.05, 0.1) is 6.10 Å². The lowest BCUT2D eigenvalue weighted by Gasteiger charge is -2.12. The highest BCUT2D eigenvalue weighted by molar-refractivity contribution is 6.30. The van der Waals surface area contributed by atoms with Crippen LogP contribution in [0.3, 0.4) is 0 Å². The van der Waals surface area contributed by atoms with Gasteiger partial charge < -0.3 is 5.11 Å². The van der Waals surface area contributed by atoms with Crippen LogP contribution in [0.15, 0.2) is 42.5 Å². The topological polar surface area (TPSA) is 20.2 Å². The number of hydrogen-bond donors (Lipinski definition) is 1. The third kappa shape index (κ3) is 3.79. The fourth-order valence-electron chi connectivity index (χ4n) is 2.02. The molecule has 3 heteroatoms. The van der Waals surface area contributed by atoms with Gasteiger partial charge in [-0.05, 0) is 41.3 Å². The minimum absolute atomic E-state index is 0.301. The van der Waals surface area contributed by atoms with Gasteiger partial charge in [0.25, 0.3) is 0 Å². The van der Waals surface area contributed by atoms with Crippen molar-refractivity contribution in [1.29, 1.82) is 0 Å². The van der Waals surface area contributed by atoms with E-state index < -0.39 is 11.9 Å². The molecule has 0 aromatic heterocycles. The van der Waals surface area contributed by atoms with Crippen LogP contribution in [0.4, 0.5) is 4.39 Å². The quantitative estimate of drug-likeness (QED) is 0.883. The van der Waals surface area contributed by atoms with Crippen LogP contribution in [0.5, 0.6) is 0 Å². The van der Waals surface area contributed by atoms with E-state index in [0.717, 1.165) is 12.0 Å². The molecule has 0 heterocycles. The van der Waals surface area contributed by atoms with Gasteiger partial charge in [0, 0.05) is 11.4 Å². The first-order valence-corrected chi connectivity index (χ1v) is 6.68. The molecule has 0 saturated heterocycles. The second-order valence-corrected chi connectivity index (χ2v) is 5.03. The lowest BCUT2D eigenvalue weighted by molar-refractivity contribution is 0.178. The van der Waals surface area contributed by atoms with Crippen molar-refractivity contribution in [3.05, 3.63) is 70.0 Å². The number of benzene rings is 2. The first-order valence-electron chi connectivity index (χ1n) is 6.30. The Hall–Kier alpha value is -1.38. The first kappa shape index (κ1) is 14.0. The van der Waals surface area contributed by atoms with E-state index in [9.17, 15) is 9.50 Å². The summed E-state index contributed by atoms with van der Waals surface area (Å²) in [6.45, 7) is 2.10. The molecule has 0 fully saturated rings. The Labute approximate surface area is 117 Å². The average Bonchev–Trinajstić information content (AvgIpc) is 2.38. The van der Waals surface area contributed by atoms with E-state index in [1.165, 1.54) is 17.7 Å². The Balaban J connectivity index is 2.13. The van der Waals surface area contributed by atoms with Gasteiger partial charge in [-0.2, -0.15) is 0 Å². The Morgan fingerprint density at radius 3 is 2.32 bits per heavy atom. The summed E-state index contributed by atoms with van der Waals surface area (Å²) in [5.74, 6) is -0.428. The number of rotatable bonds is 4. The fraction of sp³-hybridized carbons (Fsp3) is 0.250. The zero-order valence-electron chi connectivity index (χ0n) is 10.7. The molecule has 1 nitrogen and oxygen atoms in total. The van der Waals surface area contributed by atoms with Crippen LogP contribution in [0.1, 0.15) is 29.7 Å².